The van der Waals surface area contributed by atoms with E-state index in [9.17, 15) is 22.4 Å². The first-order chi connectivity index (χ1) is 8.36. The average Bonchev–Trinajstić information content (AvgIpc) is 2.27. The van der Waals surface area contributed by atoms with Crippen LogP contribution in [-0.2, 0) is 6.42 Å². The van der Waals surface area contributed by atoms with Crippen LogP contribution in [-0.4, -0.2) is 12.4 Å². The van der Waals surface area contributed by atoms with Crippen LogP contribution in [0.5, 0.6) is 5.75 Å². The van der Waals surface area contributed by atoms with Crippen LogP contribution in [0.3, 0.4) is 0 Å². The number of halogens is 4. The maximum absolute atomic E-state index is 12.7. The van der Waals surface area contributed by atoms with Crippen molar-refractivity contribution in [2.24, 2.45) is 0 Å². The molecule has 0 N–H and O–H groups in total. The molecular weight excluding hydrogens is 252 g/mol. The number of benzene rings is 1. The molecule has 0 amide bonds. The normalized spacial score (nSPS) is 11.1. The number of hydrogen-bond donors (Lipinski definition) is 0. The van der Waals surface area contributed by atoms with E-state index < -0.39 is 30.1 Å². The van der Waals surface area contributed by atoms with Crippen molar-refractivity contribution >= 4 is 5.78 Å². The van der Waals surface area contributed by atoms with E-state index in [4.69, 9.17) is 0 Å². The van der Waals surface area contributed by atoms with Crippen LogP contribution in [0.4, 0.5) is 17.6 Å². The lowest BCUT2D eigenvalue weighted by Crippen LogP contribution is -2.09. The molecule has 0 spiro atoms. The van der Waals surface area contributed by atoms with Gasteiger partial charge in [0, 0.05) is 5.56 Å². The Morgan fingerprint density at radius 3 is 2.28 bits per heavy atom. The van der Waals surface area contributed by atoms with Gasteiger partial charge < -0.3 is 4.74 Å². The molecule has 0 fully saturated rings. The molecule has 18 heavy (non-hydrogen) atoms. The summed E-state index contributed by atoms with van der Waals surface area (Å²) in [4.78, 5) is 11.3. The summed E-state index contributed by atoms with van der Waals surface area (Å²) in [5.74, 6) is -1.02. The lowest BCUT2D eigenvalue weighted by Gasteiger charge is -2.14. The lowest BCUT2D eigenvalue weighted by atomic mass is 9.99. The number of aryl methyl sites for hydroxylation is 1. The summed E-state index contributed by atoms with van der Waals surface area (Å²) >= 11 is 0. The second-order valence-electron chi connectivity index (χ2n) is 3.64. The molecule has 0 aromatic heterocycles. The van der Waals surface area contributed by atoms with Crippen LogP contribution in [0.15, 0.2) is 12.1 Å². The zero-order chi connectivity index (χ0) is 13.9. The predicted octanol–water partition coefficient (Wildman–Crippen LogP) is 3.99. The molecular formula is C12H12F4O2. The van der Waals surface area contributed by atoms with Crippen molar-refractivity contribution in [1.82, 2.24) is 0 Å². The van der Waals surface area contributed by atoms with Crippen molar-refractivity contribution in [3.63, 3.8) is 0 Å². The quantitative estimate of drug-likeness (QED) is 0.593. The Morgan fingerprint density at radius 1 is 1.28 bits per heavy atom. The highest BCUT2D eigenvalue weighted by atomic mass is 19.3. The van der Waals surface area contributed by atoms with E-state index >= 15 is 0 Å². The van der Waals surface area contributed by atoms with Gasteiger partial charge in [0.1, 0.15) is 5.75 Å². The first-order valence-corrected chi connectivity index (χ1v) is 5.27. The van der Waals surface area contributed by atoms with Crippen molar-refractivity contribution in [3.8, 4) is 5.75 Å². The molecule has 0 atom stereocenters. The minimum Gasteiger partial charge on any atom is -0.434 e. The second kappa shape index (κ2) is 5.84. The molecule has 0 radical (unpaired) electrons. The van der Waals surface area contributed by atoms with Crippen LogP contribution >= 0.6 is 0 Å². The maximum Gasteiger partial charge on any atom is 0.387 e. The van der Waals surface area contributed by atoms with Gasteiger partial charge in [0.15, 0.2) is 5.78 Å². The molecule has 100 valence electrons. The van der Waals surface area contributed by atoms with Gasteiger partial charge in [-0.25, -0.2) is 8.78 Å². The third-order valence-electron chi connectivity index (χ3n) is 2.45. The van der Waals surface area contributed by atoms with Gasteiger partial charge in [0.25, 0.3) is 6.43 Å². The molecule has 0 saturated heterocycles. The van der Waals surface area contributed by atoms with Crippen LogP contribution in [0, 0.1) is 0 Å². The van der Waals surface area contributed by atoms with Crippen molar-refractivity contribution in [3.05, 3.63) is 28.8 Å². The van der Waals surface area contributed by atoms with Gasteiger partial charge in [-0.3, -0.25) is 4.79 Å². The molecule has 0 saturated carbocycles. The number of carbonyl (C=O) groups is 1. The molecule has 6 heteroatoms. The molecule has 0 aliphatic heterocycles. The largest absolute Gasteiger partial charge is 0.434 e. The number of ether oxygens (including phenoxy) is 1. The number of alkyl halides is 4. The summed E-state index contributed by atoms with van der Waals surface area (Å²) in [7, 11) is 0. The summed E-state index contributed by atoms with van der Waals surface area (Å²) in [6.45, 7) is -0.366. The highest BCUT2D eigenvalue weighted by Gasteiger charge is 2.20. The summed E-state index contributed by atoms with van der Waals surface area (Å²) in [5.41, 5.74) is -0.258. The third-order valence-corrected chi connectivity index (χ3v) is 2.45. The fourth-order valence-corrected chi connectivity index (χ4v) is 1.62. The number of Topliss-reactive ketones (excluding diaryl/α,β-unsaturated/α-hetero) is 1. The number of hydrogen-bond acceptors (Lipinski definition) is 2. The minimum absolute atomic E-state index is 0.114. The highest BCUT2D eigenvalue weighted by Crippen LogP contribution is 2.32. The van der Waals surface area contributed by atoms with Crippen LogP contribution in [0.2, 0.25) is 0 Å². The van der Waals surface area contributed by atoms with Crippen molar-refractivity contribution in [2.75, 3.05) is 0 Å². The lowest BCUT2D eigenvalue weighted by molar-refractivity contribution is -0.0503. The van der Waals surface area contributed by atoms with Gasteiger partial charge in [-0.15, -0.1) is 0 Å². The van der Waals surface area contributed by atoms with Crippen molar-refractivity contribution in [1.29, 1.82) is 0 Å². The monoisotopic (exact) mass is 264 g/mol. The molecule has 0 bridgehead atoms. The van der Waals surface area contributed by atoms with E-state index in [1.165, 1.54) is 6.07 Å². The Bertz CT molecular complexity index is 444. The van der Waals surface area contributed by atoms with Gasteiger partial charge in [-0.1, -0.05) is 6.92 Å². The Hall–Kier alpha value is -1.59. The molecule has 0 aliphatic rings. The fourth-order valence-electron chi connectivity index (χ4n) is 1.62. The summed E-state index contributed by atoms with van der Waals surface area (Å²) in [6, 6.07) is 1.99. The zero-order valence-electron chi connectivity index (χ0n) is 9.84. The predicted molar refractivity (Wildman–Crippen MR) is 57.4 cm³/mol. The van der Waals surface area contributed by atoms with E-state index in [0.29, 0.717) is 0 Å². The molecule has 1 aromatic carbocycles. The van der Waals surface area contributed by atoms with Gasteiger partial charge in [-0.2, -0.15) is 8.78 Å². The van der Waals surface area contributed by atoms with E-state index in [1.807, 2.05) is 0 Å². The SMILES string of the molecule is CCc1cc(C(C)=O)c(OC(F)F)cc1C(F)F. The smallest absolute Gasteiger partial charge is 0.387 e. The number of ketones is 1. The Kier molecular flexibility index (Phi) is 4.69. The van der Waals surface area contributed by atoms with Crippen molar-refractivity contribution < 1.29 is 27.1 Å². The van der Waals surface area contributed by atoms with Crippen LogP contribution < -0.4 is 4.74 Å². The topological polar surface area (TPSA) is 26.3 Å². The third kappa shape index (κ3) is 3.21. The molecule has 1 rings (SSSR count). The van der Waals surface area contributed by atoms with Crippen molar-refractivity contribution in [2.45, 2.75) is 33.3 Å². The number of carbonyl (C=O) groups excluding carboxylic acids is 1. The summed E-state index contributed by atoms with van der Waals surface area (Å²) in [6.07, 6.45) is -2.53. The molecule has 0 aliphatic carbocycles. The minimum atomic E-state index is -3.17. The van der Waals surface area contributed by atoms with Gasteiger partial charge in [0.05, 0.1) is 5.56 Å². The summed E-state index contributed by atoms with van der Waals surface area (Å²) < 4.78 is 53.9. The van der Waals surface area contributed by atoms with E-state index in [2.05, 4.69) is 4.74 Å². The van der Waals surface area contributed by atoms with Gasteiger partial charge in [-0.05, 0) is 31.0 Å². The standard InChI is InChI=1S/C12H12F4O2/c1-3-7-4-8(6(2)17)10(18-12(15)16)5-9(7)11(13)14/h4-5,11-12H,3H2,1-2H3. The van der Waals surface area contributed by atoms with Crippen LogP contribution in [0.1, 0.15) is 41.8 Å². The molecule has 2 nitrogen and oxygen atoms in total. The highest BCUT2D eigenvalue weighted by molar-refractivity contribution is 5.97. The summed E-state index contributed by atoms with van der Waals surface area (Å²) in [5, 5.41) is 0. The average molecular weight is 264 g/mol. The van der Waals surface area contributed by atoms with Gasteiger partial charge in [0.2, 0.25) is 0 Å². The Balaban J connectivity index is 3.37. The van der Waals surface area contributed by atoms with E-state index in [-0.39, 0.29) is 17.5 Å². The zero-order valence-corrected chi connectivity index (χ0v) is 9.84. The first kappa shape index (κ1) is 14.5. The molecule has 0 unspecified atom stereocenters. The van der Waals surface area contributed by atoms with Crippen LogP contribution in [0.25, 0.3) is 0 Å². The second-order valence-corrected chi connectivity index (χ2v) is 3.64. The fraction of sp³-hybridized carbons (Fsp3) is 0.417. The maximum atomic E-state index is 12.7. The van der Waals surface area contributed by atoms with E-state index in [1.54, 1.807) is 6.92 Å². The molecule has 0 heterocycles. The van der Waals surface area contributed by atoms with Gasteiger partial charge >= 0.3 is 6.61 Å². The first-order valence-electron chi connectivity index (χ1n) is 5.27. The van der Waals surface area contributed by atoms with E-state index in [0.717, 1.165) is 13.0 Å². The Labute approximate surface area is 102 Å². The number of rotatable bonds is 5. The molecule has 1 aromatic rings. The Morgan fingerprint density at radius 2 is 1.89 bits per heavy atom.